The zero-order chi connectivity index (χ0) is 11.5. The molecule has 0 aliphatic rings. The van der Waals surface area contributed by atoms with Crippen molar-refractivity contribution in [3.8, 4) is 11.4 Å². The topological polar surface area (TPSA) is 67.2 Å². The quantitative estimate of drug-likeness (QED) is 0.530. The molecule has 1 aromatic carbocycles. The summed E-state index contributed by atoms with van der Waals surface area (Å²) in [6.45, 7) is 0. The van der Waals surface area contributed by atoms with Crippen molar-refractivity contribution in [1.82, 2.24) is 9.55 Å². The molecule has 0 saturated heterocycles. The zero-order valence-corrected chi connectivity index (χ0v) is 9.58. The van der Waals surface area contributed by atoms with E-state index in [-0.39, 0.29) is 24.7 Å². The number of aromatic nitrogens is 2. The molecule has 0 atom stereocenters. The number of methoxy groups -OCH3 is 1. The molecule has 6 heteroatoms. The molecule has 0 fully saturated rings. The minimum absolute atomic E-state index is 0. The molecule has 0 saturated carbocycles. The van der Waals surface area contributed by atoms with Crippen molar-refractivity contribution < 1.29 is 33.5 Å². The fourth-order valence-electron chi connectivity index (χ4n) is 1.41. The Morgan fingerprint density at radius 2 is 2.00 bits per heavy atom. The number of imidazole rings is 1. The van der Waals surface area contributed by atoms with Gasteiger partial charge in [0, 0.05) is 18.1 Å². The van der Waals surface area contributed by atoms with Crippen LogP contribution >= 0.6 is 0 Å². The molecule has 0 radical (unpaired) electrons. The van der Waals surface area contributed by atoms with E-state index in [0.717, 1.165) is 0 Å². The Morgan fingerprint density at radius 3 is 2.53 bits per heavy atom. The van der Waals surface area contributed by atoms with Gasteiger partial charge in [0.05, 0.1) is 7.11 Å². The van der Waals surface area contributed by atoms with Gasteiger partial charge in [0.25, 0.3) is 0 Å². The van der Waals surface area contributed by atoms with Crippen LogP contribution in [0.1, 0.15) is 10.6 Å². The molecule has 82 valence electrons. The predicted octanol–water partition coefficient (Wildman–Crippen LogP) is -2.75. The van der Waals surface area contributed by atoms with Gasteiger partial charge in [0.1, 0.15) is 11.7 Å². The molecule has 2 rings (SSSR count). The number of benzene rings is 1. The Bertz CT molecular complexity index is 508. The van der Waals surface area contributed by atoms with Gasteiger partial charge in [-0.05, 0) is 24.3 Å². The molecular formula is C11H9LiN2O3. The largest absolute Gasteiger partial charge is 1.00 e. The van der Waals surface area contributed by atoms with Gasteiger partial charge in [-0.2, -0.15) is 0 Å². The number of carbonyl (C=O) groups excluding carboxylic acids is 1. The van der Waals surface area contributed by atoms with Crippen molar-refractivity contribution in [2.24, 2.45) is 0 Å². The number of hydrogen-bond acceptors (Lipinski definition) is 4. The van der Waals surface area contributed by atoms with E-state index in [1.807, 2.05) is 0 Å². The number of nitrogens with zero attached hydrogens (tertiary/aromatic N) is 2. The van der Waals surface area contributed by atoms with E-state index in [1.54, 1.807) is 37.6 Å². The van der Waals surface area contributed by atoms with Crippen molar-refractivity contribution in [3.63, 3.8) is 0 Å². The summed E-state index contributed by atoms with van der Waals surface area (Å²) in [5.74, 6) is -0.718. The van der Waals surface area contributed by atoms with Crippen LogP contribution in [0.3, 0.4) is 0 Å². The molecule has 0 N–H and O–H groups in total. The van der Waals surface area contributed by atoms with Crippen LogP contribution in [0.4, 0.5) is 0 Å². The summed E-state index contributed by atoms with van der Waals surface area (Å²) in [5, 5.41) is 10.8. The Morgan fingerprint density at radius 1 is 1.35 bits per heavy atom. The third kappa shape index (κ3) is 2.70. The molecule has 0 aliphatic carbocycles. The van der Waals surface area contributed by atoms with E-state index in [9.17, 15) is 9.90 Å². The summed E-state index contributed by atoms with van der Waals surface area (Å²) in [4.78, 5) is 14.5. The number of rotatable bonds is 3. The average molecular weight is 224 g/mol. The first-order valence-electron chi connectivity index (χ1n) is 4.61. The van der Waals surface area contributed by atoms with Crippen LogP contribution in [-0.4, -0.2) is 22.6 Å². The molecule has 2 aromatic rings. The monoisotopic (exact) mass is 224 g/mol. The molecular weight excluding hydrogens is 215 g/mol. The molecule has 0 amide bonds. The molecule has 0 bridgehead atoms. The van der Waals surface area contributed by atoms with Gasteiger partial charge >= 0.3 is 18.9 Å². The number of carbonyl (C=O) groups is 1. The summed E-state index contributed by atoms with van der Waals surface area (Å²) >= 11 is 0. The second kappa shape index (κ2) is 5.57. The minimum atomic E-state index is -1.30. The molecule has 1 aromatic heterocycles. The second-order valence-corrected chi connectivity index (χ2v) is 3.11. The van der Waals surface area contributed by atoms with E-state index in [4.69, 9.17) is 4.74 Å². The summed E-state index contributed by atoms with van der Waals surface area (Å²) < 4.78 is 6.45. The van der Waals surface area contributed by atoms with Gasteiger partial charge in [-0.25, -0.2) is 4.98 Å². The predicted molar refractivity (Wildman–Crippen MR) is 54.4 cm³/mol. The number of hydrogen-bond donors (Lipinski definition) is 0. The zero-order valence-electron chi connectivity index (χ0n) is 9.58. The van der Waals surface area contributed by atoms with Crippen LogP contribution < -0.4 is 28.7 Å². The summed E-state index contributed by atoms with van der Waals surface area (Å²) in [5.41, 5.74) is 0.692. The number of carboxylic acid groups (broad SMARTS) is 1. The van der Waals surface area contributed by atoms with Gasteiger partial charge in [-0.15, -0.1) is 0 Å². The Hall–Kier alpha value is -1.70. The van der Waals surface area contributed by atoms with Gasteiger partial charge in [-0.1, -0.05) is 0 Å². The van der Waals surface area contributed by atoms with Crippen molar-refractivity contribution in [2.75, 3.05) is 7.11 Å². The minimum Gasteiger partial charge on any atom is -0.542 e. The van der Waals surface area contributed by atoms with E-state index in [1.165, 1.54) is 10.8 Å². The molecule has 5 nitrogen and oxygen atoms in total. The first kappa shape index (κ1) is 13.4. The van der Waals surface area contributed by atoms with Crippen LogP contribution in [0.25, 0.3) is 5.69 Å². The van der Waals surface area contributed by atoms with Crippen LogP contribution in [0, 0.1) is 0 Å². The first-order valence-corrected chi connectivity index (χ1v) is 4.61. The van der Waals surface area contributed by atoms with Crippen molar-refractivity contribution in [1.29, 1.82) is 0 Å². The third-order valence-electron chi connectivity index (χ3n) is 2.17. The number of ether oxygens (including phenoxy) is 1. The van der Waals surface area contributed by atoms with Crippen LogP contribution in [0.5, 0.6) is 5.75 Å². The van der Waals surface area contributed by atoms with Crippen LogP contribution in [0.2, 0.25) is 0 Å². The molecule has 17 heavy (non-hydrogen) atoms. The molecule has 0 aliphatic heterocycles. The third-order valence-corrected chi connectivity index (χ3v) is 2.17. The van der Waals surface area contributed by atoms with Gasteiger partial charge in [0.15, 0.2) is 5.82 Å². The second-order valence-electron chi connectivity index (χ2n) is 3.11. The van der Waals surface area contributed by atoms with Crippen molar-refractivity contribution in [3.05, 3.63) is 42.5 Å². The van der Waals surface area contributed by atoms with Gasteiger partial charge < -0.3 is 14.6 Å². The summed E-state index contributed by atoms with van der Waals surface area (Å²) in [6, 6.07) is 6.97. The molecule has 0 spiro atoms. The maximum atomic E-state index is 10.8. The SMILES string of the molecule is COc1ccc(-n2ccnc2C(=O)[O-])cc1.[Li+]. The summed E-state index contributed by atoms with van der Waals surface area (Å²) in [6.07, 6.45) is 2.97. The Balaban J connectivity index is 0.00000144. The Kier molecular flexibility index (Phi) is 4.38. The van der Waals surface area contributed by atoms with E-state index in [2.05, 4.69) is 4.98 Å². The van der Waals surface area contributed by atoms with Gasteiger partial charge in [0.2, 0.25) is 0 Å². The smallest absolute Gasteiger partial charge is 0.542 e. The fourth-order valence-corrected chi connectivity index (χ4v) is 1.41. The normalized spacial score (nSPS) is 9.47. The van der Waals surface area contributed by atoms with Gasteiger partial charge in [-0.3, -0.25) is 4.57 Å². The standard InChI is InChI=1S/C11H10N2O3.Li/c1-16-9-4-2-8(3-5-9)13-7-6-12-10(13)11(14)15;/h2-7H,1H3,(H,14,15);/q;+1/p-1. The average Bonchev–Trinajstić information content (AvgIpc) is 2.78. The fraction of sp³-hybridized carbons (Fsp3) is 0.0909. The maximum absolute atomic E-state index is 10.8. The first-order chi connectivity index (χ1) is 7.72. The number of carboxylic acids is 1. The van der Waals surface area contributed by atoms with Crippen LogP contribution in [-0.2, 0) is 0 Å². The molecule has 1 heterocycles. The van der Waals surface area contributed by atoms with E-state index < -0.39 is 5.97 Å². The Labute approximate surface area is 110 Å². The van der Waals surface area contributed by atoms with E-state index >= 15 is 0 Å². The molecule has 0 unspecified atom stereocenters. The van der Waals surface area contributed by atoms with Crippen molar-refractivity contribution in [2.45, 2.75) is 0 Å². The van der Waals surface area contributed by atoms with E-state index in [0.29, 0.717) is 11.4 Å². The number of aromatic carboxylic acids is 1. The van der Waals surface area contributed by atoms with Crippen LogP contribution in [0.15, 0.2) is 36.7 Å². The maximum Gasteiger partial charge on any atom is 1.00 e. The summed E-state index contributed by atoms with van der Waals surface area (Å²) in [7, 11) is 1.57. The van der Waals surface area contributed by atoms with Crippen molar-refractivity contribution >= 4 is 5.97 Å².